The summed E-state index contributed by atoms with van der Waals surface area (Å²) in [4.78, 5) is 24.6. The van der Waals surface area contributed by atoms with Crippen LogP contribution in [0.2, 0.25) is 5.02 Å². The predicted octanol–water partition coefficient (Wildman–Crippen LogP) is 2.56. The molecule has 2 atom stereocenters. The molecule has 0 aliphatic heterocycles. The summed E-state index contributed by atoms with van der Waals surface area (Å²) in [6.07, 6.45) is 0.321. The van der Waals surface area contributed by atoms with Crippen LogP contribution < -0.4 is 5.32 Å². The van der Waals surface area contributed by atoms with Gasteiger partial charge in [0.05, 0.1) is 14.9 Å². The van der Waals surface area contributed by atoms with Gasteiger partial charge in [-0.2, -0.15) is 0 Å². The van der Waals surface area contributed by atoms with Crippen molar-refractivity contribution in [2.75, 3.05) is 26.5 Å². The molecular weight excluding hydrogens is 341 g/mol. The number of esters is 1. The number of halogens is 1. The fraction of sp³-hybridized carbons (Fsp3) is 0.467. The summed E-state index contributed by atoms with van der Waals surface area (Å²) in [6.45, 7) is 3.46. The van der Waals surface area contributed by atoms with Crippen LogP contribution in [0.25, 0.3) is 0 Å². The first-order chi connectivity index (χ1) is 10.8. The second kappa shape index (κ2) is 9.06. The van der Waals surface area contributed by atoms with Crippen molar-refractivity contribution in [3.8, 4) is 0 Å². The molecule has 2 unspecified atom stereocenters. The Hall–Kier alpha value is -1.36. The number of ether oxygens (including phenoxy) is 2. The Kier molecular flexibility index (Phi) is 7.76. The Morgan fingerprint density at radius 3 is 2.39 bits per heavy atom. The van der Waals surface area contributed by atoms with Crippen LogP contribution in [0, 0.1) is 0 Å². The molecule has 0 radical (unpaired) electrons. The van der Waals surface area contributed by atoms with Gasteiger partial charge in [0.1, 0.15) is 0 Å². The number of nitrogens with one attached hydrogen (secondary N) is 1. The zero-order chi connectivity index (χ0) is 17.5. The first kappa shape index (κ1) is 19.7. The summed E-state index contributed by atoms with van der Waals surface area (Å²) in [5.74, 6) is -1.23. The highest BCUT2D eigenvalue weighted by molar-refractivity contribution is 7.43. The van der Waals surface area contributed by atoms with E-state index in [2.05, 4.69) is 5.32 Å². The lowest BCUT2D eigenvalue weighted by atomic mass is 10.1. The molecule has 128 valence electrons. The maximum absolute atomic E-state index is 12.4. The topological polar surface area (TPSA) is 81.7 Å². The van der Waals surface area contributed by atoms with E-state index in [4.69, 9.17) is 21.1 Å². The molecular formula is C15H21ClNO5P. The second-order valence-electron chi connectivity index (χ2n) is 4.91. The molecule has 8 heteroatoms. The minimum absolute atomic E-state index is 0.0706. The molecule has 0 bridgehead atoms. The summed E-state index contributed by atoms with van der Waals surface area (Å²) >= 11 is 5.79. The molecule has 23 heavy (non-hydrogen) atoms. The lowest BCUT2D eigenvalue weighted by Crippen LogP contribution is -2.57. The number of carbonyl (C=O) groups excluding carboxylic acids is 2. The largest absolute Gasteiger partial charge is 0.465 e. The minimum Gasteiger partial charge on any atom is -0.465 e. The molecule has 1 amide bonds. The van der Waals surface area contributed by atoms with Gasteiger partial charge in [0.15, 0.2) is 0 Å². The smallest absolute Gasteiger partial charge is 0.359 e. The number of benzene rings is 1. The van der Waals surface area contributed by atoms with Crippen molar-refractivity contribution in [1.82, 2.24) is 5.32 Å². The molecule has 0 fully saturated rings. The van der Waals surface area contributed by atoms with Crippen molar-refractivity contribution >= 4 is 31.3 Å². The van der Waals surface area contributed by atoms with E-state index in [1.54, 1.807) is 25.7 Å². The molecule has 0 aliphatic rings. The third kappa shape index (κ3) is 5.65. The first-order valence-electron chi connectivity index (χ1n) is 7.14. The molecule has 0 aromatic heterocycles. The number of hydrogen-bond donors (Lipinski definition) is 1. The van der Waals surface area contributed by atoms with E-state index >= 15 is 0 Å². The molecule has 6 nitrogen and oxygen atoms in total. The Bertz CT molecular complexity index is 578. The monoisotopic (exact) mass is 361 g/mol. The Balaban J connectivity index is 3.06. The normalized spacial score (nSPS) is 14.6. The number of rotatable bonds is 8. The average molecular weight is 362 g/mol. The third-order valence-corrected chi connectivity index (χ3v) is 4.36. The summed E-state index contributed by atoms with van der Waals surface area (Å²) in [5, 5.41) is 3.07. The van der Waals surface area contributed by atoms with Gasteiger partial charge in [0.2, 0.25) is 5.72 Å². The van der Waals surface area contributed by atoms with Crippen LogP contribution in [0.1, 0.15) is 23.7 Å². The lowest BCUT2D eigenvalue weighted by molar-refractivity contribution is -0.173. The van der Waals surface area contributed by atoms with E-state index in [1.807, 2.05) is 0 Å². The summed E-state index contributed by atoms with van der Waals surface area (Å²) in [6, 6.07) is 6.21. The van der Waals surface area contributed by atoms with Crippen LogP contribution in [0.3, 0.4) is 0 Å². The summed E-state index contributed by atoms with van der Waals surface area (Å²) in [7, 11) is -0.630. The number of amides is 1. The Labute approximate surface area is 141 Å². The summed E-state index contributed by atoms with van der Waals surface area (Å²) in [5.41, 5.74) is -1.33. The first-order valence-corrected chi connectivity index (χ1v) is 9.64. The molecule has 1 rings (SSSR count). The predicted molar refractivity (Wildman–Crippen MR) is 89.7 cm³/mol. The van der Waals surface area contributed by atoms with Gasteiger partial charge in [0.25, 0.3) is 5.91 Å². The van der Waals surface area contributed by atoms with E-state index < -0.39 is 25.4 Å². The second-order valence-corrected chi connectivity index (χ2v) is 7.26. The summed E-state index contributed by atoms with van der Waals surface area (Å²) < 4.78 is 21.7. The molecule has 0 saturated heterocycles. The van der Waals surface area contributed by atoms with Gasteiger partial charge in [0, 0.05) is 29.8 Å². The van der Waals surface area contributed by atoms with E-state index in [0.717, 1.165) is 0 Å². The van der Waals surface area contributed by atoms with Gasteiger partial charge in [-0.15, -0.1) is 0 Å². The van der Waals surface area contributed by atoms with Crippen molar-refractivity contribution in [3.05, 3.63) is 34.9 Å². The van der Waals surface area contributed by atoms with Crippen molar-refractivity contribution in [3.63, 3.8) is 0 Å². The van der Waals surface area contributed by atoms with E-state index in [0.29, 0.717) is 10.6 Å². The third-order valence-electron chi connectivity index (χ3n) is 3.16. The van der Waals surface area contributed by atoms with E-state index in [9.17, 15) is 14.2 Å². The van der Waals surface area contributed by atoms with Gasteiger partial charge < -0.3 is 19.4 Å². The highest BCUT2D eigenvalue weighted by Gasteiger charge is 2.42. The van der Waals surface area contributed by atoms with Gasteiger partial charge >= 0.3 is 5.97 Å². The number of methoxy groups -OCH3 is 1. The van der Waals surface area contributed by atoms with Gasteiger partial charge in [-0.1, -0.05) is 11.6 Å². The van der Waals surface area contributed by atoms with Crippen LogP contribution in [-0.4, -0.2) is 44.1 Å². The van der Waals surface area contributed by atoms with E-state index in [-0.39, 0.29) is 19.2 Å². The standard InChI is InChI=1S/C15H21ClNO5P/c1-4-22-15(14(19)21-2,9-10-23(3)20)17-13(18)11-5-7-12(16)8-6-11/h5-8,23H,4,9-10H2,1-3H3,(H,17,18). The SMILES string of the molecule is CCOC(CC[PH](C)=O)(NC(=O)c1ccc(Cl)cc1)C(=O)OC. The maximum atomic E-state index is 12.4. The average Bonchev–Trinajstić information content (AvgIpc) is 2.52. The fourth-order valence-corrected chi connectivity index (χ4v) is 2.83. The van der Waals surface area contributed by atoms with Gasteiger partial charge in [-0.05, 0) is 37.9 Å². The van der Waals surface area contributed by atoms with Crippen LogP contribution in [0.15, 0.2) is 24.3 Å². The zero-order valence-corrected chi connectivity index (χ0v) is 15.1. The highest BCUT2D eigenvalue weighted by Crippen LogP contribution is 2.24. The number of carbonyl (C=O) groups is 2. The van der Waals surface area contributed by atoms with Crippen LogP contribution in [-0.2, 0) is 18.8 Å². The van der Waals surface area contributed by atoms with Crippen molar-refractivity contribution in [1.29, 1.82) is 0 Å². The Morgan fingerprint density at radius 2 is 1.91 bits per heavy atom. The molecule has 0 aliphatic carbocycles. The quantitative estimate of drug-likeness (QED) is 0.437. The van der Waals surface area contributed by atoms with E-state index in [1.165, 1.54) is 19.2 Å². The molecule has 1 aromatic carbocycles. The fourth-order valence-electron chi connectivity index (χ4n) is 2.00. The van der Waals surface area contributed by atoms with Gasteiger partial charge in [-0.3, -0.25) is 4.79 Å². The van der Waals surface area contributed by atoms with Gasteiger partial charge in [-0.25, -0.2) is 4.79 Å². The molecule has 0 saturated carbocycles. The molecule has 0 heterocycles. The van der Waals surface area contributed by atoms with Crippen molar-refractivity contribution in [2.45, 2.75) is 19.1 Å². The van der Waals surface area contributed by atoms with Crippen LogP contribution in [0.4, 0.5) is 0 Å². The molecule has 1 N–H and O–H groups in total. The van der Waals surface area contributed by atoms with Crippen LogP contribution in [0.5, 0.6) is 0 Å². The van der Waals surface area contributed by atoms with Crippen molar-refractivity contribution in [2.24, 2.45) is 0 Å². The van der Waals surface area contributed by atoms with Crippen LogP contribution >= 0.6 is 19.4 Å². The maximum Gasteiger partial charge on any atom is 0.359 e. The lowest BCUT2D eigenvalue weighted by Gasteiger charge is -2.31. The van der Waals surface area contributed by atoms with Crippen molar-refractivity contribution < 1.29 is 23.6 Å². The Morgan fingerprint density at radius 1 is 1.30 bits per heavy atom. The zero-order valence-electron chi connectivity index (χ0n) is 13.3. The number of hydrogen-bond acceptors (Lipinski definition) is 5. The highest BCUT2D eigenvalue weighted by atomic mass is 35.5. The molecule has 1 aromatic rings. The molecule has 0 spiro atoms. The minimum atomic E-state index is -1.84.